The van der Waals surface area contributed by atoms with Crippen molar-refractivity contribution in [2.45, 2.75) is 13.0 Å². The summed E-state index contributed by atoms with van der Waals surface area (Å²) in [6.45, 7) is 0.544. The quantitative estimate of drug-likeness (QED) is 0.905. The predicted octanol–water partition coefficient (Wildman–Crippen LogP) is 1.49. The summed E-state index contributed by atoms with van der Waals surface area (Å²) in [5, 5.41) is 2.92. The van der Waals surface area contributed by atoms with Crippen molar-refractivity contribution in [3.05, 3.63) is 35.4 Å². The number of hydrogen-bond acceptors (Lipinski definition) is 3. The minimum absolute atomic E-state index is 0.00152. The van der Waals surface area contributed by atoms with Crippen molar-refractivity contribution in [2.75, 3.05) is 18.1 Å². The SMILES string of the molecule is O=S1(=O)CCC(CNCc2c(F)cccc2F)C1. The average molecular weight is 275 g/mol. The molecule has 1 heterocycles. The first-order chi connectivity index (χ1) is 8.48. The second kappa shape index (κ2) is 5.32. The summed E-state index contributed by atoms with van der Waals surface area (Å²) in [7, 11) is -2.89. The number of nitrogens with one attached hydrogen (secondary N) is 1. The van der Waals surface area contributed by atoms with E-state index in [1.165, 1.54) is 18.2 Å². The van der Waals surface area contributed by atoms with Crippen LogP contribution in [0.3, 0.4) is 0 Å². The van der Waals surface area contributed by atoms with Crippen LogP contribution in [-0.4, -0.2) is 26.5 Å². The zero-order chi connectivity index (χ0) is 13.2. The molecule has 1 fully saturated rings. The fourth-order valence-electron chi connectivity index (χ4n) is 2.14. The molecule has 1 N–H and O–H groups in total. The highest BCUT2D eigenvalue weighted by molar-refractivity contribution is 7.91. The van der Waals surface area contributed by atoms with Crippen LogP contribution in [0.1, 0.15) is 12.0 Å². The molecule has 3 nitrogen and oxygen atoms in total. The van der Waals surface area contributed by atoms with E-state index in [0.717, 1.165) is 0 Å². The van der Waals surface area contributed by atoms with Crippen LogP contribution in [0.5, 0.6) is 0 Å². The van der Waals surface area contributed by atoms with Gasteiger partial charge in [0.05, 0.1) is 11.5 Å². The maximum Gasteiger partial charge on any atom is 0.150 e. The molecule has 1 atom stereocenters. The topological polar surface area (TPSA) is 46.2 Å². The van der Waals surface area contributed by atoms with Crippen LogP contribution in [0.2, 0.25) is 0 Å². The number of benzene rings is 1. The molecule has 0 aliphatic carbocycles. The molecule has 1 unspecified atom stereocenters. The fraction of sp³-hybridized carbons (Fsp3) is 0.500. The van der Waals surface area contributed by atoms with E-state index in [4.69, 9.17) is 0 Å². The van der Waals surface area contributed by atoms with Crippen LogP contribution < -0.4 is 5.32 Å². The van der Waals surface area contributed by atoms with Gasteiger partial charge in [0, 0.05) is 12.1 Å². The number of hydrogen-bond donors (Lipinski definition) is 1. The fourth-order valence-corrected chi connectivity index (χ4v) is 4.00. The van der Waals surface area contributed by atoms with E-state index >= 15 is 0 Å². The Morgan fingerprint density at radius 1 is 1.28 bits per heavy atom. The summed E-state index contributed by atoms with van der Waals surface area (Å²) in [6, 6.07) is 3.73. The molecule has 100 valence electrons. The van der Waals surface area contributed by atoms with Crippen molar-refractivity contribution in [2.24, 2.45) is 5.92 Å². The molecule has 18 heavy (non-hydrogen) atoms. The molecule has 2 rings (SSSR count). The Kier molecular flexibility index (Phi) is 3.97. The van der Waals surface area contributed by atoms with E-state index in [0.29, 0.717) is 13.0 Å². The first-order valence-electron chi connectivity index (χ1n) is 5.82. The normalized spacial score (nSPS) is 22.2. The van der Waals surface area contributed by atoms with E-state index in [2.05, 4.69) is 5.32 Å². The molecule has 1 saturated heterocycles. The summed E-state index contributed by atoms with van der Waals surface area (Å²) in [5.41, 5.74) is -0.00152. The summed E-state index contributed by atoms with van der Waals surface area (Å²) in [5.74, 6) is -0.736. The third kappa shape index (κ3) is 3.26. The van der Waals surface area contributed by atoms with Gasteiger partial charge in [-0.05, 0) is 31.0 Å². The monoisotopic (exact) mass is 275 g/mol. The highest BCUT2D eigenvalue weighted by Crippen LogP contribution is 2.18. The van der Waals surface area contributed by atoms with Crippen molar-refractivity contribution in [3.8, 4) is 0 Å². The van der Waals surface area contributed by atoms with Gasteiger partial charge in [-0.1, -0.05) is 6.07 Å². The zero-order valence-corrected chi connectivity index (χ0v) is 10.6. The highest BCUT2D eigenvalue weighted by Gasteiger charge is 2.27. The first kappa shape index (κ1) is 13.4. The van der Waals surface area contributed by atoms with Gasteiger partial charge in [0.1, 0.15) is 11.6 Å². The first-order valence-corrected chi connectivity index (χ1v) is 7.64. The van der Waals surface area contributed by atoms with Gasteiger partial charge >= 0.3 is 0 Å². The lowest BCUT2D eigenvalue weighted by molar-refractivity contribution is 0.493. The van der Waals surface area contributed by atoms with Gasteiger partial charge in [0.2, 0.25) is 0 Å². The van der Waals surface area contributed by atoms with Crippen LogP contribution in [0.4, 0.5) is 8.78 Å². The average Bonchev–Trinajstić information content (AvgIpc) is 2.63. The summed E-state index contributed by atoms with van der Waals surface area (Å²) >= 11 is 0. The molecule has 1 aromatic carbocycles. The Balaban J connectivity index is 1.86. The lowest BCUT2D eigenvalue weighted by Gasteiger charge is -2.10. The van der Waals surface area contributed by atoms with E-state index in [1.54, 1.807) is 0 Å². The number of sulfone groups is 1. The summed E-state index contributed by atoms with van der Waals surface area (Å²) in [6.07, 6.45) is 0.620. The van der Waals surface area contributed by atoms with Gasteiger partial charge < -0.3 is 5.32 Å². The Hall–Kier alpha value is -1.01. The van der Waals surface area contributed by atoms with Crippen molar-refractivity contribution < 1.29 is 17.2 Å². The number of rotatable bonds is 4. The maximum absolute atomic E-state index is 13.3. The van der Waals surface area contributed by atoms with Gasteiger partial charge in [-0.3, -0.25) is 0 Å². The third-order valence-electron chi connectivity index (χ3n) is 3.12. The van der Waals surface area contributed by atoms with Crippen molar-refractivity contribution in [3.63, 3.8) is 0 Å². The molecule has 0 bridgehead atoms. The van der Waals surface area contributed by atoms with Gasteiger partial charge in [-0.25, -0.2) is 17.2 Å². The van der Waals surface area contributed by atoms with Crippen LogP contribution >= 0.6 is 0 Å². The van der Waals surface area contributed by atoms with Crippen molar-refractivity contribution in [1.82, 2.24) is 5.32 Å². The lowest BCUT2D eigenvalue weighted by atomic mass is 10.1. The van der Waals surface area contributed by atoms with Crippen LogP contribution in [0.25, 0.3) is 0 Å². The lowest BCUT2D eigenvalue weighted by Crippen LogP contribution is -2.24. The minimum Gasteiger partial charge on any atom is -0.312 e. The molecule has 1 aliphatic rings. The summed E-state index contributed by atoms with van der Waals surface area (Å²) < 4.78 is 49.1. The van der Waals surface area contributed by atoms with E-state index in [1.807, 2.05) is 0 Å². The minimum atomic E-state index is -2.89. The van der Waals surface area contributed by atoms with E-state index in [9.17, 15) is 17.2 Å². The Morgan fingerprint density at radius 3 is 2.50 bits per heavy atom. The Labute approximate surface area is 105 Å². The van der Waals surface area contributed by atoms with Crippen LogP contribution in [0.15, 0.2) is 18.2 Å². The molecule has 1 aliphatic heterocycles. The zero-order valence-electron chi connectivity index (χ0n) is 9.83. The second-order valence-electron chi connectivity index (χ2n) is 4.60. The second-order valence-corrected chi connectivity index (χ2v) is 6.83. The molecule has 0 amide bonds. The van der Waals surface area contributed by atoms with Crippen LogP contribution in [0, 0.1) is 17.6 Å². The van der Waals surface area contributed by atoms with Gasteiger partial charge in [0.15, 0.2) is 9.84 Å². The predicted molar refractivity (Wildman–Crippen MR) is 64.8 cm³/mol. The standard InChI is InChI=1S/C12H15F2NO2S/c13-11-2-1-3-12(14)10(11)7-15-6-9-4-5-18(16,17)8-9/h1-3,9,15H,4-8H2. The largest absolute Gasteiger partial charge is 0.312 e. The van der Waals surface area contributed by atoms with Crippen molar-refractivity contribution in [1.29, 1.82) is 0 Å². The molecular formula is C12H15F2NO2S. The number of halogens is 2. The van der Waals surface area contributed by atoms with E-state index < -0.39 is 21.5 Å². The molecule has 0 radical (unpaired) electrons. The molecule has 0 saturated carbocycles. The highest BCUT2D eigenvalue weighted by atomic mass is 32.2. The van der Waals surface area contributed by atoms with Crippen LogP contribution in [-0.2, 0) is 16.4 Å². The maximum atomic E-state index is 13.3. The smallest absolute Gasteiger partial charge is 0.150 e. The molecule has 6 heteroatoms. The molecule has 1 aromatic rings. The summed E-state index contributed by atoms with van der Waals surface area (Å²) in [4.78, 5) is 0. The van der Waals surface area contributed by atoms with Crippen molar-refractivity contribution >= 4 is 9.84 Å². The Morgan fingerprint density at radius 2 is 1.94 bits per heavy atom. The van der Waals surface area contributed by atoms with Gasteiger partial charge in [0.25, 0.3) is 0 Å². The third-order valence-corrected chi connectivity index (χ3v) is 4.96. The molecule has 0 spiro atoms. The van der Waals surface area contributed by atoms with Gasteiger partial charge in [-0.15, -0.1) is 0 Å². The van der Waals surface area contributed by atoms with Gasteiger partial charge in [-0.2, -0.15) is 0 Å². The molecular weight excluding hydrogens is 260 g/mol. The van der Waals surface area contributed by atoms with E-state index in [-0.39, 0.29) is 29.5 Å². The molecule has 0 aromatic heterocycles. The Bertz CT molecular complexity index is 511.